The molecule has 6 heteroatoms. The molecule has 0 bridgehead atoms. The van der Waals surface area contributed by atoms with E-state index in [2.05, 4.69) is 13.8 Å². The topological polar surface area (TPSA) is 105 Å². The predicted octanol–water partition coefficient (Wildman–Crippen LogP) is 4.51. The van der Waals surface area contributed by atoms with E-state index in [1.54, 1.807) is 24.3 Å². The summed E-state index contributed by atoms with van der Waals surface area (Å²) in [4.78, 5) is 0. The van der Waals surface area contributed by atoms with E-state index in [4.69, 9.17) is 27.8 Å². The summed E-state index contributed by atoms with van der Waals surface area (Å²) in [6.45, 7) is 6.76. The minimum atomic E-state index is -0.151. The average Bonchev–Trinajstić information content (AvgIpc) is 3.58. The first kappa shape index (κ1) is 26.2. The van der Waals surface area contributed by atoms with Crippen molar-refractivity contribution in [3.63, 3.8) is 0 Å². The molecule has 0 saturated carbocycles. The minimum Gasteiger partial charge on any atom is -0.508 e. The van der Waals surface area contributed by atoms with E-state index in [-0.39, 0.29) is 16.9 Å². The smallest absolute Gasteiger partial charge is 0.115 e. The zero-order valence-corrected chi connectivity index (χ0v) is 18.9. The van der Waals surface area contributed by atoms with Crippen molar-refractivity contribution in [1.29, 1.82) is 0 Å². The molecule has 1 fully saturated rings. The second-order valence-electron chi connectivity index (χ2n) is 7.82. The normalized spacial score (nSPS) is 14.8. The highest BCUT2D eigenvalue weighted by Gasteiger charge is 2.22. The van der Waals surface area contributed by atoms with Crippen LogP contribution < -0.4 is 11.5 Å². The van der Waals surface area contributed by atoms with E-state index in [1.807, 2.05) is 24.3 Å². The van der Waals surface area contributed by atoms with Gasteiger partial charge < -0.3 is 26.4 Å². The summed E-state index contributed by atoms with van der Waals surface area (Å²) in [5.74, 6) is 1.21. The number of halogens is 1. The maximum Gasteiger partial charge on any atom is 0.115 e. The number of nitrogens with two attached hydrogens (primary N) is 2. The molecule has 2 aromatic rings. The van der Waals surface area contributed by atoms with Crippen LogP contribution in [-0.4, -0.2) is 41.9 Å². The number of unbranched alkanes of at least 4 members (excludes halogenated alkanes) is 3. The van der Waals surface area contributed by atoms with Gasteiger partial charge in [-0.3, -0.25) is 0 Å². The Morgan fingerprint density at radius 3 is 1.43 bits per heavy atom. The zero-order chi connectivity index (χ0) is 22.4. The van der Waals surface area contributed by atoms with E-state index in [0.29, 0.717) is 12.0 Å². The van der Waals surface area contributed by atoms with E-state index in [0.717, 1.165) is 43.7 Å². The van der Waals surface area contributed by atoms with Gasteiger partial charge in [-0.1, -0.05) is 51.0 Å². The molecule has 5 nitrogen and oxygen atoms in total. The van der Waals surface area contributed by atoms with Gasteiger partial charge in [-0.05, 0) is 61.3 Å². The lowest BCUT2D eigenvalue weighted by molar-refractivity contribution is 0.425. The predicted molar refractivity (Wildman–Crippen MR) is 125 cm³/mol. The third kappa shape index (κ3) is 10.3. The number of rotatable bonds is 8. The Bertz CT molecular complexity index is 633. The maximum atomic E-state index is 9.30. The molecule has 0 aliphatic carbocycles. The lowest BCUT2D eigenvalue weighted by atomic mass is 9.78. The SMILES string of the molecule is CC(C)(c1ccc(O)cc1)c1ccc(O)cc1.ClCC1CO1.NCCCCCCN. The molecule has 0 aromatic heterocycles. The molecule has 2 aromatic carbocycles. The van der Waals surface area contributed by atoms with Gasteiger partial charge in [0.1, 0.15) is 11.5 Å². The number of epoxide rings is 1. The van der Waals surface area contributed by atoms with Crippen molar-refractivity contribution >= 4 is 11.6 Å². The standard InChI is InChI=1S/C15H16O2.C6H16N2.C3H5ClO/c1-15(2,11-3-7-13(16)8-4-11)12-5-9-14(17)10-6-12;7-5-3-1-2-4-6-8;4-1-3-2-5-3/h3-10,16-17H,1-2H3;1-8H2;3H,1-2H2. The van der Waals surface area contributed by atoms with Gasteiger partial charge >= 0.3 is 0 Å². The largest absolute Gasteiger partial charge is 0.508 e. The van der Waals surface area contributed by atoms with Crippen LogP contribution in [-0.2, 0) is 10.2 Å². The molecule has 1 atom stereocenters. The van der Waals surface area contributed by atoms with Gasteiger partial charge in [-0.15, -0.1) is 11.6 Å². The van der Waals surface area contributed by atoms with Gasteiger partial charge in [0.15, 0.2) is 0 Å². The van der Waals surface area contributed by atoms with Crippen molar-refractivity contribution in [2.24, 2.45) is 11.5 Å². The summed E-state index contributed by atoms with van der Waals surface area (Å²) in [6, 6.07) is 14.4. The summed E-state index contributed by atoms with van der Waals surface area (Å²) in [7, 11) is 0. The number of aromatic hydroxyl groups is 2. The Morgan fingerprint density at radius 2 is 1.20 bits per heavy atom. The third-order valence-electron chi connectivity index (χ3n) is 4.91. The van der Waals surface area contributed by atoms with Crippen molar-refractivity contribution in [2.75, 3.05) is 25.6 Å². The van der Waals surface area contributed by atoms with Gasteiger partial charge in [0.05, 0.1) is 18.6 Å². The summed E-state index contributed by atoms with van der Waals surface area (Å²) in [6.07, 6.45) is 5.19. The number of alkyl halides is 1. The summed E-state index contributed by atoms with van der Waals surface area (Å²) in [5, 5.41) is 18.6. The number of ether oxygens (including phenoxy) is 1. The lowest BCUT2D eigenvalue weighted by Crippen LogP contribution is -2.18. The molecule has 1 aliphatic rings. The number of benzene rings is 2. The van der Waals surface area contributed by atoms with Crippen molar-refractivity contribution in [3.05, 3.63) is 59.7 Å². The van der Waals surface area contributed by atoms with Gasteiger partial charge in [-0.25, -0.2) is 0 Å². The van der Waals surface area contributed by atoms with Crippen LogP contribution in [0.15, 0.2) is 48.5 Å². The lowest BCUT2D eigenvalue weighted by Gasteiger charge is -2.26. The molecule has 1 saturated heterocycles. The fourth-order valence-corrected chi connectivity index (χ4v) is 2.90. The first-order valence-corrected chi connectivity index (χ1v) is 11.0. The Kier molecular flexibility index (Phi) is 12.5. The second-order valence-corrected chi connectivity index (χ2v) is 8.13. The molecule has 0 amide bonds. The summed E-state index contributed by atoms with van der Waals surface area (Å²) >= 11 is 5.27. The van der Waals surface area contributed by atoms with Crippen molar-refractivity contribution in [2.45, 2.75) is 51.0 Å². The fourth-order valence-electron chi connectivity index (χ4n) is 2.72. The number of hydrogen-bond acceptors (Lipinski definition) is 5. The first-order valence-electron chi connectivity index (χ1n) is 10.5. The number of phenols is 2. The third-order valence-corrected chi connectivity index (χ3v) is 5.25. The fraction of sp³-hybridized carbons (Fsp3) is 0.500. The number of phenolic OH excluding ortho intramolecular Hbond substituents is 2. The van der Waals surface area contributed by atoms with Crippen LogP contribution in [0.25, 0.3) is 0 Å². The van der Waals surface area contributed by atoms with Gasteiger partial charge in [0.25, 0.3) is 0 Å². The quantitative estimate of drug-likeness (QED) is 0.277. The molecular weight excluding hydrogens is 400 g/mol. The van der Waals surface area contributed by atoms with Crippen LogP contribution in [0.3, 0.4) is 0 Å². The minimum absolute atomic E-state index is 0.151. The molecule has 0 radical (unpaired) electrons. The van der Waals surface area contributed by atoms with E-state index in [1.165, 1.54) is 12.8 Å². The molecule has 1 heterocycles. The Labute approximate surface area is 186 Å². The van der Waals surface area contributed by atoms with Crippen molar-refractivity contribution < 1.29 is 14.9 Å². The highest BCUT2D eigenvalue weighted by atomic mass is 35.5. The maximum absolute atomic E-state index is 9.30. The zero-order valence-electron chi connectivity index (χ0n) is 18.2. The molecule has 1 aliphatic heterocycles. The van der Waals surface area contributed by atoms with Crippen LogP contribution in [0, 0.1) is 0 Å². The van der Waals surface area contributed by atoms with Crippen LogP contribution in [0.2, 0.25) is 0 Å². The van der Waals surface area contributed by atoms with Crippen LogP contribution in [0.1, 0.15) is 50.7 Å². The van der Waals surface area contributed by atoms with Gasteiger partial charge in [-0.2, -0.15) is 0 Å². The van der Waals surface area contributed by atoms with Crippen molar-refractivity contribution in [1.82, 2.24) is 0 Å². The van der Waals surface area contributed by atoms with E-state index >= 15 is 0 Å². The van der Waals surface area contributed by atoms with Gasteiger partial charge in [0.2, 0.25) is 0 Å². The number of hydrogen-bond donors (Lipinski definition) is 4. The molecule has 168 valence electrons. The van der Waals surface area contributed by atoms with Crippen molar-refractivity contribution in [3.8, 4) is 11.5 Å². The molecule has 1 unspecified atom stereocenters. The van der Waals surface area contributed by atoms with Crippen LogP contribution in [0.5, 0.6) is 11.5 Å². The molecular formula is C24H37ClN2O3. The Hall–Kier alpha value is -1.79. The first-order chi connectivity index (χ1) is 14.3. The Balaban J connectivity index is 0.000000285. The van der Waals surface area contributed by atoms with E-state index in [9.17, 15) is 10.2 Å². The molecule has 3 rings (SSSR count). The summed E-state index contributed by atoms with van der Waals surface area (Å²) < 4.78 is 4.73. The highest BCUT2D eigenvalue weighted by molar-refractivity contribution is 6.18. The van der Waals surface area contributed by atoms with Gasteiger partial charge in [0, 0.05) is 5.41 Å². The Morgan fingerprint density at radius 1 is 0.833 bits per heavy atom. The highest BCUT2D eigenvalue weighted by Crippen LogP contribution is 2.32. The molecule has 6 N–H and O–H groups in total. The molecule has 0 spiro atoms. The van der Waals surface area contributed by atoms with Crippen LogP contribution >= 0.6 is 11.6 Å². The molecule has 30 heavy (non-hydrogen) atoms. The van der Waals surface area contributed by atoms with E-state index < -0.39 is 0 Å². The monoisotopic (exact) mass is 436 g/mol. The van der Waals surface area contributed by atoms with Crippen LogP contribution in [0.4, 0.5) is 0 Å². The summed E-state index contributed by atoms with van der Waals surface area (Å²) in [5.41, 5.74) is 12.7. The second kappa shape index (κ2) is 14.3. The average molecular weight is 437 g/mol.